The SMILES string of the molecule is CCCCC(=NC)c1cccc(OCc2c(C)cccc2-n2nnn(C)c2=O)c1. The van der Waals surface area contributed by atoms with Gasteiger partial charge in [0.1, 0.15) is 12.4 Å². The third kappa shape index (κ3) is 4.62. The Kier molecular flexibility index (Phi) is 6.59. The summed E-state index contributed by atoms with van der Waals surface area (Å²) in [5, 5.41) is 7.77. The summed E-state index contributed by atoms with van der Waals surface area (Å²) in [4.78, 5) is 16.7. The average Bonchev–Trinajstić information content (AvgIpc) is 3.06. The van der Waals surface area contributed by atoms with Crippen LogP contribution >= 0.6 is 0 Å². The summed E-state index contributed by atoms with van der Waals surface area (Å²) in [5.41, 5.74) is 4.47. The molecule has 2 aromatic carbocycles. The molecule has 0 aliphatic carbocycles. The van der Waals surface area contributed by atoms with Gasteiger partial charge in [0.15, 0.2) is 0 Å². The Morgan fingerprint density at radius 3 is 2.66 bits per heavy atom. The molecule has 1 aromatic heterocycles. The number of aliphatic imine (C=N–C) groups is 1. The Morgan fingerprint density at radius 1 is 1.17 bits per heavy atom. The van der Waals surface area contributed by atoms with Crippen molar-refractivity contribution in [2.24, 2.45) is 12.0 Å². The Hall–Kier alpha value is -3.22. The highest BCUT2D eigenvalue weighted by Crippen LogP contribution is 2.21. The van der Waals surface area contributed by atoms with Crippen molar-refractivity contribution in [2.75, 3.05) is 7.05 Å². The van der Waals surface area contributed by atoms with E-state index in [4.69, 9.17) is 4.74 Å². The molecule has 0 fully saturated rings. The number of rotatable bonds is 8. The van der Waals surface area contributed by atoms with Crippen LogP contribution in [-0.2, 0) is 13.7 Å². The Bertz CT molecular complexity index is 1070. The maximum absolute atomic E-state index is 12.3. The zero-order chi connectivity index (χ0) is 20.8. The molecular weight excluding hydrogens is 366 g/mol. The van der Waals surface area contributed by atoms with Gasteiger partial charge in [0.05, 0.1) is 5.69 Å². The molecule has 3 aromatic rings. The molecule has 0 saturated carbocycles. The molecule has 0 N–H and O–H groups in total. The van der Waals surface area contributed by atoms with Gasteiger partial charge in [-0.25, -0.2) is 4.79 Å². The quantitative estimate of drug-likeness (QED) is 0.549. The highest BCUT2D eigenvalue weighted by molar-refractivity contribution is 6.00. The minimum absolute atomic E-state index is 0.293. The van der Waals surface area contributed by atoms with Crippen LogP contribution in [0.4, 0.5) is 0 Å². The Morgan fingerprint density at radius 2 is 1.97 bits per heavy atom. The fourth-order valence-electron chi connectivity index (χ4n) is 3.19. The first-order valence-corrected chi connectivity index (χ1v) is 9.82. The lowest BCUT2D eigenvalue weighted by Crippen LogP contribution is -2.23. The zero-order valence-electron chi connectivity index (χ0n) is 17.4. The Labute approximate surface area is 170 Å². The second-order valence-corrected chi connectivity index (χ2v) is 6.96. The molecule has 29 heavy (non-hydrogen) atoms. The number of ether oxygens (including phenoxy) is 1. The lowest BCUT2D eigenvalue weighted by Gasteiger charge is -2.14. The van der Waals surface area contributed by atoms with Gasteiger partial charge in [-0.2, -0.15) is 9.36 Å². The van der Waals surface area contributed by atoms with Crippen LogP contribution in [0.1, 0.15) is 42.9 Å². The van der Waals surface area contributed by atoms with Gasteiger partial charge in [-0.1, -0.05) is 37.6 Å². The van der Waals surface area contributed by atoms with Crippen molar-refractivity contribution in [1.82, 2.24) is 19.8 Å². The number of nitrogens with zero attached hydrogens (tertiary/aromatic N) is 5. The summed E-state index contributed by atoms with van der Waals surface area (Å²) in [5.74, 6) is 0.765. The molecule has 7 nitrogen and oxygen atoms in total. The number of tetrazole rings is 1. The van der Waals surface area contributed by atoms with E-state index in [-0.39, 0.29) is 5.69 Å². The van der Waals surface area contributed by atoms with Gasteiger partial charge < -0.3 is 4.74 Å². The summed E-state index contributed by atoms with van der Waals surface area (Å²) in [7, 11) is 3.41. The second-order valence-electron chi connectivity index (χ2n) is 6.96. The van der Waals surface area contributed by atoms with Gasteiger partial charge in [0.25, 0.3) is 0 Å². The molecule has 0 amide bonds. The summed E-state index contributed by atoms with van der Waals surface area (Å²) in [6, 6.07) is 13.7. The third-order valence-electron chi connectivity index (χ3n) is 4.92. The second kappa shape index (κ2) is 9.32. The lowest BCUT2D eigenvalue weighted by molar-refractivity contribution is 0.304. The van der Waals surface area contributed by atoms with E-state index in [0.29, 0.717) is 12.3 Å². The van der Waals surface area contributed by atoms with Crippen molar-refractivity contribution in [3.8, 4) is 11.4 Å². The first-order chi connectivity index (χ1) is 14.0. The summed E-state index contributed by atoms with van der Waals surface area (Å²) < 4.78 is 8.60. The first-order valence-electron chi connectivity index (χ1n) is 9.82. The fourth-order valence-corrected chi connectivity index (χ4v) is 3.19. The maximum Gasteiger partial charge on any atom is 0.368 e. The van der Waals surface area contributed by atoms with E-state index in [0.717, 1.165) is 47.4 Å². The number of benzene rings is 2. The summed E-state index contributed by atoms with van der Waals surface area (Å²) in [6.07, 6.45) is 3.19. The van der Waals surface area contributed by atoms with Crippen LogP contribution in [0.3, 0.4) is 0 Å². The molecule has 0 aliphatic rings. The van der Waals surface area contributed by atoms with Crippen LogP contribution < -0.4 is 10.4 Å². The Balaban J connectivity index is 1.85. The topological polar surface area (TPSA) is 74.3 Å². The minimum atomic E-state index is -0.293. The van der Waals surface area contributed by atoms with Gasteiger partial charge in [-0.15, -0.1) is 0 Å². The van der Waals surface area contributed by atoms with E-state index in [1.807, 2.05) is 50.4 Å². The molecule has 1 heterocycles. The number of hydrogen-bond acceptors (Lipinski definition) is 5. The molecule has 7 heteroatoms. The van der Waals surface area contributed by atoms with Crippen molar-refractivity contribution in [3.05, 3.63) is 69.6 Å². The van der Waals surface area contributed by atoms with E-state index >= 15 is 0 Å². The average molecular weight is 393 g/mol. The van der Waals surface area contributed by atoms with Crippen LogP contribution in [0.25, 0.3) is 5.69 Å². The molecular formula is C22H27N5O2. The predicted octanol–water partition coefficient (Wildman–Crippen LogP) is 3.46. The van der Waals surface area contributed by atoms with Crippen molar-refractivity contribution in [1.29, 1.82) is 0 Å². The van der Waals surface area contributed by atoms with Crippen LogP contribution in [0.15, 0.2) is 52.3 Å². The number of aryl methyl sites for hydroxylation is 2. The number of unbranched alkanes of at least 4 members (excludes halogenated alkanes) is 1. The molecule has 0 spiro atoms. The molecule has 0 bridgehead atoms. The van der Waals surface area contributed by atoms with Gasteiger partial charge in [0, 0.05) is 25.4 Å². The van der Waals surface area contributed by atoms with E-state index in [1.165, 1.54) is 9.36 Å². The number of aromatic nitrogens is 4. The van der Waals surface area contributed by atoms with E-state index in [1.54, 1.807) is 7.05 Å². The molecule has 0 radical (unpaired) electrons. The molecule has 0 atom stereocenters. The molecule has 152 valence electrons. The third-order valence-corrected chi connectivity index (χ3v) is 4.92. The van der Waals surface area contributed by atoms with Crippen molar-refractivity contribution in [3.63, 3.8) is 0 Å². The fraction of sp³-hybridized carbons (Fsp3) is 0.364. The van der Waals surface area contributed by atoms with Crippen molar-refractivity contribution in [2.45, 2.75) is 39.7 Å². The highest BCUT2D eigenvalue weighted by Gasteiger charge is 2.14. The van der Waals surface area contributed by atoms with Crippen LogP contribution in [0.2, 0.25) is 0 Å². The molecule has 0 saturated heterocycles. The van der Waals surface area contributed by atoms with Crippen molar-refractivity contribution >= 4 is 5.71 Å². The molecule has 3 rings (SSSR count). The largest absolute Gasteiger partial charge is 0.489 e. The van der Waals surface area contributed by atoms with E-state index in [9.17, 15) is 4.79 Å². The molecule has 0 aliphatic heterocycles. The van der Waals surface area contributed by atoms with Gasteiger partial charge >= 0.3 is 5.69 Å². The predicted molar refractivity (Wildman–Crippen MR) is 114 cm³/mol. The van der Waals surface area contributed by atoms with E-state index in [2.05, 4.69) is 28.4 Å². The molecule has 0 unspecified atom stereocenters. The van der Waals surface area contributed by atoms with E-state index < -0.39 is 0 Å². The van der Waals surface area contributed by atoms with Crippen LogP contribution in [0.5, 0.6) is 5.75 Å². The zero-order valence-corrected chi connectivity index (χ0v) is 17.4. The van der Waals surface area contributed by atoms with Gasteiger partial charge in [0.2, 0.25) is 0 Å². The van der Waals surface area contributed by atoms with Crippen LogP contribution in [-0.4, -0.2) is 32.5 Å². The summed E-state index contributed by atoms with van der Waals surface area (Å²) >= 11 is 0. The first kappa shape index (κ1) is 20.5. The standard InChI is InChI=1S/C22H27N5O2/c1-5-6-12-20(23-3)17-10-8-11-18(14-17)29-15-19-16(2)9-7-13-21(19)27-22(28)26(4)24-25-27/h7-11,13-14H,5-6,12,15H2,1-4H3. The lowest BCUT2D eigenvalue weighted by atomic mass is 10.0. The highest BCUT2D eigenvalue weighted by atomic mass is 16.5. The summed E-state index contributed by atoms with van der Waals surface area (Å²) in [6.45, 7) is 4.49. The monoisotopic (exact) mass is 393 g/mol. The van der Waals surface area contributed by atoms with Gasteiger partial charge in [-0.3, -0.25) is 4.99 Å². The van der Waals surface area contributed by atoms with Crippen LogP contribution in [0, 0.1) is 6.92 Å². The minimum Gasteiger partial charge on any atom is -0.489 e. The van der Waals surface area contributed by atoms with Gasteiger partial charge in [-0.05, 0) is 59.5 Å². The maximum atomic E-state index is 12.3. The number of hydrogen-bond donors (Lipinski definition) is 0. The smallest absolute Gasteiger partial charge is 0.368 e. The van der Waals surface area contributed by atoms with Crippen molar-refractivity contribution < 1.29 is 4.74 Å². The normalized spacial score (nSPS) is 11.7.